The van der Waals surface area contributed by atoms with Gasteiger partial charge in [-0.1, -0.05) is 6.07 Å². The Morgan fingerprint density at radius 1 is 1.52 bits per heavy atom. The first-order valence-corrected chi connectivity index (χ1v) is 6.92. The number of ether oxygens (including phenoxy) is 1. The number of amides is 1. The molecule has 21 heavy (non-hydrogen) atoms. The van der Waals surface area contributed by atoms with Crippen LogP contribution in [0.15, 0.2) is 18.2 Å². The minimum atomic E-state index is -0.584. The van der Waals surface area contributed by atoms with E-state index in [0.717, 1.165) is 12.8 Å². The molecule has 7 heteroatoms. The number of carbonyl (C=O) groups excluding carboxylic acids is 1. The summed E-state index contributed by atoms with van der Waals surface area (Å²) in [6.07, 6.45) is 1.71. The number of carbonyl (C=O) groups is 1. The third-order valence-electron chi connectivity index (χ3n) is 3.30. The molecule has 1 aliphatic carbocycles. The summed E-state index contributed by atoms with van der Waals surface area (Å²) in [4.78, 5) is 24.8. The highest BCUT2D eigenvalue weighted by Crippen LogP contribution is 2.34. The fourth-order valence-corrected chi connectivity index (χ4v) is 2.25. The van der Waals surface area contributed by atoms with Crippen LogP contribution in [0.1, 0.15) is 30.1 Å². The topological polar surface area (TPSA) is 92.9 Å². The van der Waals surface area contributed by atoms with Gasteiger partial charge in [0.1, 0.15) is 5.75 Å². The molecule has 0 aromatic heterocycles. The molecule has 1 aromatic carbocycles. The molecule has 1 saturated carbocycles. The number of aliphatic hydroxyl groups excluding tert-OH is 1. The first-order chi connectivity index (χ1) is 10.1. The summed E-state index contributed by atoms with van der Waals surface area (Å²) < 4.78 is 5.36. The number of hydrogen-bond donors (Lipinski definition) is 1. The molecule has 1 N–H and O–H groups in total. The predicted octanol–water partition coefficient (Wildman–Crippen LogP) is 1.59. The van der Waals surface area contributed by atoms with Crippen LogP contribution in [0.5, 0.6) is 5.75 Å². The highest BCUT2D eigenvalue weighted by Gasteiger charge is 2.36. The third-order valence-corrected chi connectivity index (χ3v) is 3.30. The van der Waals surface area contributed by atoms with Crippen molar-refractivity contribution in [2.45, 2.75) is 25.8 Å². The van der Waals surface area contributed by atoms with Crippen molar-refractivity contribution in [1.82, 2.24) is 4.90 Å². The Kier molecular flexibility index (Phi) is 4.74. The van der Waals surface area contributed by atoms with E-state index in [0.29, 0.717) is 6.61 Å². The van der Waals surface area contributed by atoms with Gasteiger partial charge in [-0.05, 0) is 25.8 Å². The van der Waals surface area contributed by atoms with E-state index in [1.165, 1.54) is 17.0 Å². The lowest BCUT2D eigenvalue weighted by Crippen LogP contribution is -2.36. The van der Waals surface area contributed by atoms with Gasteiger partial charge in [-0.2, -0.15) is 0 Å². The van der Waals surface area contributed by atoms with Crippen molar-refractivity contribution in [3.05, 3.63) is 33.9 Å². The Labute approximate surface area is 122 Å². The molecular weight excluding hydrogens is 276 g/mol. The number of hydrogen-bond acceptors (Lipinski definition) is 5. The lowest BCUT2D eigenvalue weighted by atomic mass is 10.1. The van der Waals surface area contributed by atoms with Gasteiger partial charge in [0.2, 0.25) is 0 Å². The number of nitrogens with zero attached hydrogens (tertiary/aromatic N) is 2. The van der Waals surface area contributed by atoms with Crippen LogP contribution in [-0.4, -0.2) is 46.6 Å². The molecule has 0 radical (unpaired) electrons. The van der Waals surface area contributed by atoms with Gasteiger partial charge < -0.3 is 14.7 Å². The van der Waals surface area contributed by atoms with Crippen LogP contribution in [0.4, 0.5) is 5.69 Å². The smallest absolute Gasteiger partial charge is 0.285 e. The summed E-state index contributed by atoms with van der Waals surface area (Å²) in [6, 6.07) is 4.39. The SMILES string of the molecule is CCOc1cccc([N+](=O)[O-])c1C(=O)N(CCO)C1CC1. The Morgan fingerprint density at radius 3 is 2.76 bits per heavy atom. The third kappa shape index (κ3) is 3.30. The first-order valence-electron chi connectivity index (χ1n) is 6.92. The van der Waals surface area contributed by atoms with Crippen molar-refractivity contribution in [3.8, 4) is 5.75 Å². The van der Waals surface area contributed by atoms with Crippen LogP contribution in [0, 0.1) is 10.1 Å². The lowest BCUT2D eigenvalue weighted by Gasteiger charge is -2.22. The summed E-state index contributed by atoms with van der Waals surface area (Å²) in [6.45, 7) is 2.05. The van der Waals surface area contributed by atoms with Crippen molar-refractivity contribution in [2.24, 2.45) is 0 Å². The number of nitro benzene ring substituents is 1. The van der Waals surface area contributed by atoms with E-state index in [4.69, 9.17) is 9.84 Å². The molecule has 0 aliphatic heterocycles. The van der Waals surface area contributed by atoms with Crippen LogP contribution in [-0.2, 0) is 0 Å². The van der Waals surface area contributed by atoms with E-state index in [9.17, 15) is 14.9 Å². The van der Waals surface area contributed by atoms with Gasteiger partial charge in [0.05, 0.1) is 18.1 Å². The molecule has 1 fully saturated rings. The van der Waals surface area contributed by atoms with Gasteiger partial charge in [0.15, 0.2) is 5.56 Å². The molecule has 0 atom stereocenters. The van der Waals surface area contributed by atoms with E-state index in [1.807, 2.05) is 0 Å². The zero-order valence-corrected chi connectivity index (χ0v) is 11.8. The predicted molar refractivity (Wildman–Crippen MR) is 75.4 cm³/mol. The van der Waals surface area contributed by atoms with Crippen LogP contribution < -0.4 is 4.74 Å². The molecule has 2 rings (SSSR count). The monoisotopic (exact) mass is 294 g/mol. The van der Waals surface area contributed by atoms with Gasteiger partial charge in [-0.25, -0.2) is 0 Å². The summed E-state index contributed by atoms with van der Waals surface area (Å²) in [5.41, 5.74) is -0.306. The van der Waals surface area contributed by atoms with Gasteiger partial charge in [-0.3, -0.25) is 14.9 Å². The summed E-state index contributed by atoms with van der Waals surface area (Å²) >= 11 is 0. The molecule has 1 aromatic rings. The minimum Gasteiger partial charge on any atom is -0.493 e. The van der Waals surface area contributed by atoms with Crippen molar-refractivity contribution >= 4 is 11.6 Å². The highest BCUT2D eigenvalue weighted by atomic mass is 16.6. The molecule has 7 nitrogen and oxygen atoms in total. The molecule has 0 unspecified atom stereocenters. The fourth-order valence-electron chi connectivity index (χ4n) is 2.25. The second-order valence-electron chi connectivity index (χ2n) is 4.79. The van der Waals surface area contributed by atoms with E-state index in [2.05, 4.69) is 0 Å². The summed E-state index contributed by atoms with van der Waals surface area (Å²) in [5.74, 6) is -0.248. The summed E-state index contributed by atoms with van der Waals surface area (Å²) in [7, 11) is 0. The fraction of sp³-hybridized carbons (Fsp3) is 0.500. The second-order valence-corrected chi connectivity index (χ2v) is 4.79. The molecule has 0 spiro atoms. The van der Waals surface area contributed by atoms with Crippen LogP contribution in [0.2, 0.25) is 0 Å². The number of rotatable bonds is 7. The molecule has 1 aliphatic rings. The number of benzene rings is 1. The van der Waals surface area contributed by atoms with Gasteiger partial charge >= 0.3 is 0 Å². The Balaban J connectivity index is 2.43. The average Bonchev–Trinajstić information content (AvgIpc) is 3.28. The highest BCUT2D eigenvalue weighted by molar-refractivity contribution is 6.01. The Bertz CT molecular complexity index is 542. The Morgan fingerprint density at radius 2 is 2.24 bits per heavy atom. The minimum absolute atomic E-state index is 0.0373. The van der Waals surface area contributed by atoms with Crippen molar-refractivity contribution < 1.29 is 19.6 Å². The van der Waals surface area contributed by atoms with E-state index in [1.54, 1.807) is 13.0 Å². The van der Waals surface area contributed by atoms with Gasteiger partial charge in [0, 0.05) is 18.7 Å². The van der Waals surface area contributed by atoms with E-state index in [-0.39, 0.29) is 36.2 Å². The van der Waals surface area contributed by atoms with Crippen LogP contribution in [0.25, 0.3) is 0 Å². The van der Waals surface area contributed by atoms with Gasteiger partial charge in [-0.15, -0.1) is 0 Å². The maximum Gasteiger partial charge on any atom is 0.285 e. The zero-order valence-electron chi connectivity index (χ0n) is 11.8. The largest absolute Gasteiger partial charge is 0.493 e. The molecule has 1 amide bonds. The molecule has 114 valence electrons. The maximum absolute atomic E-state index is 12.7. The van der Waals surface area contributed by atoms with E-state index >= 15 is 0 Å². The normalized spacial score (nSPS) is 13.8. The standard InChI is InChI=1S/C14H18N2O5/c1-2-21-12-5-3-4-11(16(19)20)13(12)14(18)15(8-9-17)10-6-7-10/h3-5,10,17H,2,6-9H2,1H3. The zero-order chi connectivity index (χ0) is 15.4. The Hall–Kier alpha value is -2.15. The number of aliphatic hydroxyl groups is 1. The van der Waals surface area contributed by atoms with Gasteiger partial charge in [0.25, 0.3) is 11.6 Å². The second kappa shape index (κ2) is 6.53. The maximum atomic E-state index is 12.7. The number of nitro groups is 1. The quantitative estimate of drug-likeness (QED) is 0.609. The van der Waals surface area contributed by atoms with Crippen molar-refractivity contribution in [2.75, 3.05) is 19.8 Å². The average molecular weight is 294 g/mol. The lowest BCUT2D eigenvalue weighted by molar-refractivity contribution is -0.385. The summed E-state index contributed by atoms with van der Waals surface area (Å²) in [5, 5.41) is 20.3. The van der Waals surface area contributed by atoms with Crippen molar-refractivity contribution in [1.29, 1.82) is 0 Å². The molecule has 0 saturated heterocycles. The molecular formula is C14H18N2O5. The molecule has 0 heterocycles. The van der Waals surface area contributed by atoms with Crippen LogP contribution in [0.3, 0.4) is 0 Å². The molecule has 0 bridgehead atoms. The van der Waals surface area contributed by atoms with Crippen molar-refractivity contribution in [3.63, 3.8) is 0 Å². The van der Waals surface area contributed by atoms with Crippen LogP contribution >= 0.6 is 0 Å². The van der Waals surface area contributed by atoms with E-state index < -0.39 is 10.8 Å². The first kappa shape index (κ1) is 15.2.